The lowest BCUT2D eigenvalue weighted by Crippen LogP contribution is -2.08. The van der Waals surface area contributed by atoms with Crippen LogP contribution >= 0.6 is 0 Å². The smallest absolute Gasteiger partial charge is 0.324 e. The van der Waals surface area contributed by atoms with Crippen molar-refractivity contribution in [1.29, 1.82) is 0 Å². The Hall–Kier alpha value is -5.39. The van der Waals surface area contributed by atoms with E-state index in [2.05, 4.69) is 35.6 Å². The molecule has 41 heavy (non-hydrogen) atoms. The van der Waals surface area contributed by atoms with E-state index in [0.29, 0.717) is 45.7 Å². The van der Waals surface area contributed by atoms with E-state index < -0.39 is 11.7 Å². The van der Waals surface area contributed by atoms with Crippen LogP contribution in [0, 0.1) is 13.8 Å². The first-order valence-corrected chi connectivity index (χ1v) is 12.5. The van der Waals surface area contributed by atoms with Crippen molar-refractivity contribution < 1.29 is 13.2 Å². The van der Waals surface area contributed by atoms with Crippen LogP contribution in [0.4, 0.5) is 24.8 Å². The number of anilines is 2. The summed E-state index contributed by atoms with van der Waals surface area (Å²) < 4.78 is 44.7. The van der Waals surface area contributed by atoms with Crippen molar-refractivity contribution in [3.63, 3.8) is 0 Å². The van der Waals surface area contributed by atoms with Crippen LogP contribution in [-0.4, -0.2) is 39.5 Å². The predicted molar refractivity (Wildman–Crippen MR) is 147 cm³/mol. The van der Waals surface area contributed by atoms with Gasteiger partial charge in [-0.3, -0.25) is 4.98 Å². The minimum Gasteiger partial charge on any atom is -0.324 e. The van der Waals surface area contributed by atoms with Gasteiger partial charge < -0.3 is 9.88 Å². The van der Waals surface area contributed by atoms with E-state index in [9.17, 15) is 13.2 Å². The van der Waals surface area contributed by atoms with E-state index in [1.807, 2.05) is 37.3 Å². The fourth-order valence-corrected chi connectivity index (χ4v) is 4.35. The van der Waals surface area contributed by atoms with Crippen molar-refractivity contribution in [3.8, 4) is 33.9 Å². The molecule has 6 aromatic rings. The molecule has 0 fully saturated rings. The second kappa shape index (κ2) is 10.3. The lowest BCUT2D eigenvalue weighted by Gasteiger charge is -2.15. The van der Waals surface area contributed by atoms with E-state index in [1.165, 1.54) is 17.2 Å². The molecule has 0 unspecified atom stereocenters. The topological polar surface area (TPSA) is 99.2 Å². The zero-order chi connectivity index (χ0) is 28.6. The molecule has 4 aromatic heterocycles. The Labute approximate surface area is 232 Å². The van der Waals surface area contributed by atoms with E-state index in [-0.39, 0.29) is 0 Å². The third-order valence-electron chi connectivity index (χ3n) is 6.43. The number of imidazole rings is 1. The molecule has 0 saturated heterocycles. The van der Waals surface area contributed by atoms with E-state index in [4.69, 9.17) is 0 Å². The van der Waals surface area contributed by atoms with Gasteiger partial charge in [-0.1, -0.05) is 11.3 Å². The van der Waals surface area contributed by atoms with Gasteiger partial charge in [0.2, 0.25) is 5.95 Å². The van der Waals surface area contributed by atoms with Crippen molar-refractivity contribution in [2.45, 2.75) is 20.0 Å². The van der Waals surface area contributed by atoms with Crippen molar-refractivity contribution in [1.82, 2.24) is 39.5 Å². The van der Waals surface area contributed by atoms with Crippen LogP contribution in [0.1, 0.15) is 16.8 Å². The molecule has 6 rings (SSSR count). The van der Waals surface area contributed by atoms with Gasteiger partial charge in [-0.2, -0.15) is 13.2 Å². The maximum absolute atomic E-state index is 13.9. The van der Waals surface area contributed by atoms with Gasteiger partial charge in [0.1, 0.15) is 0 Å². The Morgan fingerprint density at radius 1 is 0.854 bits per heavy atom. The standard InChI is InChI=1S/C29H22F3N9/c1-18-5-6-23(13-26(18)38-28-34-9-7-25(37-28)20-4-3-8-33-14-20)41-27(15-36-39-41)21-10-22(29(30,31)32)12-24(11-21)40-16-19(2)35-17-40/h3-17H,1-2H3,(H,34,37,38). The highest BCUT2D eigenvalue weighted by Gasteiger charge is 2.32. The van der Waals surface area contributed by atoms with Crippen molar-refractivity contribution in [2.75, 3.05) is 5.32 Å². The van der Waals surface area contributed by atoms with Crippen molar-refractivity contribution >= 4 is 11.6 Å². The van der Waals surface area contributed by atoms with Gasteiger partial charge in [-0.25, -0.2) is 19.6 Å². The molecule has 0 amide bonds. The summed E-state index contributed by atoms with van der Waals surface area (Å²) in [6, 6.07) is 14.9. The number of rotatable bonds is 6. The third kappa shape index (κ3) is 5.39. The lowest BCUT2D eigenvalue weighted by atomic mass is 10.1. The second-order valence-electron chi connectivity index (χ2n) is 9.35. The molecule has 0 bridgehead atoms. The van der Waals surface area contributed by atoms with Gasteiger partial charge in [0.15, 0.2) is 0 Å². The van der Waals surface area contributed by atoms with Gasteiger partial charge in [0.25, 0.3) is 0 Å². The second-order valence-corrected chi connectivity index (χ2v) is 9.35. The zero-order valence-electron chi connectivity index (χ0n) is 21.9. The number of nitrogens with zero attached hydrogens (tertiary/aromatic N) is 8. The maximum Gasteiger partial charge on any atom is 0.416 e. The summed E-state index contributed by atoms with van der Waals surface area (Å²) in [4.78, 5) is 17.2. The number of alkyl halides is 3. The minimum absolute atomic E-state index is 0.300. The number of hydrogen-bond donors (Lipinski definition) is 1. The first-order chi connectivity index (χ1) is 19.7. The van der Waals surface area contributed by atoms with E-state index in [0.717, 1.165) is 23.3 Å². The van der Waals surface area contributed by atoms with Crippen LogP contribution in [0.5, 0.6) is 0 Å². The molecule has 204 valence electrons. The molecule has 0 radical (unpaired) electrons. The van der Waals surface area contributed by atoms with Gasteiger partial charge in [0.05, 0.1) is 40.9 Å². The third-order valence-corrected chi connectivity index (χ3v) is 6.43. The van der Waals surface area contributed by atoms with Gasteiger partial charge in [-0.05, 0) is 67.9 Å². The van der Waals surface area contributed by atoms with E-state index in [1.54, 1.807) is 48.4 Å². The van der Waals surface area contributed by atoms with Crippen molar-refractivity contribution in [3.05, 3.63) is 109 Å². The van der Waals surface area contributed by atoms with Crippen LogP contribution < -0.4 is 5.32 Å². The average molecular weight is 554 g/mol. The fraction of sp³-hybridized carbons (Fsp3) is 0.103. The molecule has 12 heteroatoms. The van der Waals surface area contributed by atoms with Crippen LogP contribution in [0.15, 0.2) is 91.9 Å². The molecule has 9 nitrogen and oxygen atoms in total. The first kappa shape index (κ1) is 25.9. The highest BCUT2D eigenvalue weighted by Crippen LogP contribution is 2.35. The summed E-state index contributed by atoms with van der Waals surface area (Å²) >= 11 is 0. The van der Waals surface area contributed by atoms with Crippen LogP contribution in [0.2, 0.25) is 0 Å². The Bertz CT molecular complexity index is 1840. The van der Waals surface area contributed by atoms with Gasteiger partial charge >= 0.3 is 6.18 Å². The molecular formula is C29H22F3N9. The highest BCUT2D eigenvalue weighted by molar-refractivity contribution is 5.68. The SMILES string of the molecule is Cc1cn(-c2cc(-c3cnnn3-c3ccc(C)c(Nc4nccc(-c5cccnc5)n4)c3)cc(C(F)(F)F)c2)cn1. The Morgan fingerprint density at radius 3 is 2.49 bits per heavy atom. The van der Waals surface area contributed by atoms with Crippen LogP contribution in [0.3, 0.4) is 0 Å². The summed E-state index contributed by atoms with van der Waals surface area (Å²) in [5, 5.41) is 11.5. The number of halogens is 3. The number of benzene rings is 2. The summed E-state index contributed by atoms with van der Waals surface area (Å²) in [7, 11) is 0. The summed E-state index contributed by atoms with van der Waals surface area (Å²) in [5.41, 5.74) is 4.65. The predicted octanol–water partition coefficient (Wildman–Crippen LogP) is 6.35. The molecule has 0 aliphatic carbocycles. The number of pyridine rings is 1. The molecule has 1 N–H and O–H groups in total. The molecule has 4 heterocycles. The Kier molecular flexibility index (Phi) is 6.50. The van der Waals surface area contributed by atoms with E-state index >= 15 is 0 Å². The van der Waals surface area contributed by atoms with Crippen LogP contribution in [-0.2, 0) is 6.18 Å². The monoisotopic (exact) mass is 553 g/mol. The Morgan fingerprint density at radius 2 is 1.73 bits per heavy atom. The van der Waals surface area contributed by atoms with Gasteiger partial charge in [-0.15, -0.1) is 5.10 Å². The lowest BCUT2D eigenvalue weighted by molar-refractivity contribution is -0.137. The van der Waals surface area contributed by atoms with Crippen LogP contribution in [0.25, 0.3) is 33.9 Å². The molecule has 0 saturated carbocycles. The van der Waals surface area contributed by atoms with Gasteiger partial charge in [0, 0.05) is 47.3 Å². The largest absolute Gasteiger partial charge is 0.416 e. The number of nitrogens with one attached hydrogen (secondary N) is 1. The molecule has 2 aromatic carbocycles. The number of hydrogen-bond acceptors (Lipinski definition) is 7. The highest BCUT2D eigenvalue weighted by atomic mass is 19.4. The summed E-state index contributed by atoms with van der Waals surface area (Å²) in [6.07, 6.45) is 5.09. The molecular weight excluding hydrogens is 531 g/mol. The van der Waals surface area contributed by atoms with Crippen molar-refractivity contribution in [2.24, 2.45) is 0 Å². The maximum atomic E-state index is 13.9. The molecule has 0 spiro atoms. The quantitative estimate of drug-likeness (QED) is 0.257. The fourth-order valence-electron chi connectivity index (χ4n) is 4.35. The summed E-state index contributed by atoms with van der Waals surface area (Å²) in [5.74, 6) is 0.378. The molecule has 0 atom stereocenters. The Balaban J connectivity index is 1.38. The molecule has 0 aliphatic rings. The first-order valence-electron chi connectivity index (χ1n) is 12.5. The summed E-state index contributed by atoms with van der Waals surface area (Å²) in [6.45, 7) is 3.69. The average Bonchev–Trinajstić information content (AvgIpc) is 3.64. The normalized spacial score (nSPS) is 11.5. The minimum atomic E-state index is -4.55. The zero-order valence-corrected chi connectivity index (χ0v) is 21.9. The number of aryl methyl sites for hydroxylation is 2. The number of aromatic nitrogens is 8. The molecule has 0 aliphatic heterocycles.